The maximum Gasteiger partial charge on any atom is 0.246 e. The molecule has 0 N–H and O–H groups in total. The number of likely N-dealkylation sites (tertiary alicyclic amines) is 1. The first-order valence-corrected chi connectivity index (χ1v) is 8.07. The Morgan fingerprint density at radius 2 is 2.45 bits per heavy atom. The number of aromatic nitrogens is 2. The maximum atomic E-state index is 12.3. The van der Waals surface area contributed by atoms with Gasteiger partial charge in [-0.25, -0.2) is 4.98 Å². The lowest BCUT2D eigenvalue weighted by Crippen LogP contribution is -2.42. The molecule has 0 spiro atoms. The predicted molar refractivity (Wildman–Crippen MR) is 81.7 cm³/mol. The fourth-order valence-corrected chi connectivity index (χ4v) is 3.53. The van der Waals surface area contributed by atoms with Crippen LogP contribution in [0.15, 0.2) is 23.8 Å². The van der Waals surface area contributed by atoms with Crippen LogP contribution in [0.1, 0.15) is 38.3 Å². The SMILES string of the molecule is CCC1CCCCN1C(=O)/C=C/c1cnc2sccn12. The van der Waals surface area contributed by atoms with Gasteiger partial charge in [0.05, 0.1) is 11.9 Å². The number of hydrogen-bond acceptors (Lipinski definition) is 3. The summed E-state index contributed by atoms with van der Waals surface area (Å²) in [6.07, 6.45) is 11.9. The zero-order valence-electron chi connectivity index (χ0n) is 11.7. The van der Waals surface area contributed by atoms with E-state index in [1.807, 2.05) is 33.2 Å². The Morgan fingerprint density at radius 1 is 1.55 bits per heavy atom. The molecule has 0 aromatic carbocycles. The molecular weight excluding hydrogens is 270 g/mol. The minimum Gasteiger partial charge on any atom is -0.336 e. The van der Waals surface area contributed by atoms with Gasteiger partial charge in [-0.2, -0.15) is 0 Å². The standard InChI is InChI=1S/C15H19N3OS/c1-2-12-5-3-4-8-17(12)14(19)7-6-13-11-16-15-18(13)9-10-20-15/h6-7,9-12H,2-5,8H2,1H3/b7-6+. The van der Waals surface area contributed by atoms with Crippen LogP contribution >= 0.6 is 11.3 Å². The highest BCUT2D eigenvalue weighted by atomic mass is 32.1. The predicted octanol–water partition coefficient (Wildman–Crippen LogP) is 3.20. The van der Waals surface area contributed by atoms with Crippen LogP contribution in [0.2, 0.25) is 0 Å². The number of hydrogen-bond donors (Lipinski definition) is 0. The van der Waals surface area contributed by atoms with Crippen molar-refractivity contribution in [3.05, 3.63) is 29.5 Å². The van der Waals surface area contributed by atoms with Crippen molar-refractivity contribution in [1.82, 2.24) is 14.3 Å². The largest absolute Gasteiger partial charge is 0.336 e. The third-order valence-electron chi connectivity index (χ3n) is 3.95. The Hall–Kier alpha value is -1.62. The third-order valence-corrected chi connectivity index (χ3v) is 4.72. The molecule has 5 heteroatoms. The highest BCUT2D eigenvalue weighted by Crippen LogP contribution is 2.20. The van der Waals surface area contributed by atoms with Gasteiger partial charge >= 0.3 is 0 Å². The molecule has 106 valence electrons. The zero-order valence-corrected chi connectivity index (χ0v) is 12.5. The van der Waals surface area contributed by atoms with Crippen LogP contribution in [0.25, 0.3) is 11.0 Å². The number of nitrogens with zero attached hydrogens (tertiary/aromatic N) is 3. The quantitative estimate of drug-likeness (QED) is 0.814. The summed E-state index contributed by atoms with van der Waals surface area (Å²) in [4.78, 5) is 19.6. The van der Waals surface area contributed by atoms with Gasteiger partial charge in [-0.1, -0.05) is 6.92 Å². The first-order chi connectivity index (χ1) is 9.79. The van der Waals surface area contributed by atoms with E-state index >= 15 is 0 Å². The molecule has 1 fully saturated rings. The fraction of sp³-hybridized carbons (Fsp3) is 0.467. The van der Waals surface area contributed by atoms with Crippen molar-refractivity contribution < 1.29 is 4.79 Å². The summed E-state index contributed by atoms with van der Waals surface area (Å²) in [6, 6.07) is 0.410. The molecule has 2 aromatic rings. The van der Waals surface area contributed by atoms with Crippen molar-refractivity contribution >= 4 is 28.3 Å². The molecule has 0 saturated carbocycles. The lowest BCUT2D eigenvalue weighted by Gasteiger charge is -2.34. The third kappa shape index (κ3) is 2.50. The van der Waals surface area contributed by atoms with Crippen LogP contribution in [-0.4, -0.2) is 32.8 Å². The number of imidazole rings is 1. The number of rotatable bonds is 3. The Bertz CT molecular complexity index is 628. The first-order valence-electron chi connectivity index (χ1n) is 7.19. The molecule has 1 amide bonds. The van der Waals surface area contributed by atoms with Crippen LogP contribution < -0.4 is 0 Å². The number of carbonyl (C=O) groups excluding carboxylic acids is 1. The van der Waals surface area contributed by atoms with Crippen molar-refractivity contribution in [3.63, 3.8) is 0 Å². The average molecular weight is 289 g/mol. The molecule has 0 bridgehead atoms. The van der Waals surface area contributed by atoms with Crippen LogP contribution in [0.3, 0.4) is 0 Å². The molecule has 1 aliphatic rings. The lowest BCUT2D eigenvalue weighted by atomic mass is 10.00. The Balaban J connectivity index is 1.74. The smallest absolute Gasteiger partial charge is 0.246 e. The summed E-state index contributed by atoms with van der Waals surface area (Å²) < 4.78 is 2.00. The lowest BCUT2D eigenvalue weighted by molar-refractivity contribution is -0.129. The minimum atomic E-state index is 0.127. The van der Waals surface area contributed by atoms with Crippen LogP contribution in [-0.2, 0) is 4.79 Å². The average Bonchev–Trinajstić information content (AvgIpc) is 3.08. The van der Waals surface area contributed by atoms with Crippen molar-refractivity contribution in [3.8, 4) is 0 Å². The molecule has 3 rings (SSSR count). The summed E-state index contributed by atoms with van der Waals surface area (Å²) in [6.45, 7) is 3.05. The monoisotopic (exact) mass is 289 g/mol. The number of amides is 1. The maximum absolute atomic E-state index is 12.3. The fourth-order valence-electron chi connectivity index (χ4n) is 2.84. The number of fused-ring (bicyclic) bond motifs is 1. The Kier molecular flexibility index (Phi) is 3.87. The molecule has 2 aromatic heterocycles. The van der Waals surface area contributed by atoms with E-state index in [-0.39, 0.29) is 5.91 Å². The molecular formula is C15H19N3OS. The second-order valence-electron chi connectivity index (χ2n) is 5.16. The molecule has 1 aliphatic heterocycles. The van der Waals surface area contributed by atoms with Gasteiger partial charge in [-0.15, -0.1) is 11.3 Å². The van der Waals surface area contributed by atoms with E-state index in [4.69, 9.17) is 0 Å². The molecule has 4 nitrogen and oxygen atoms in total. The second-order valence-corrected chi connectivity index (χ2v) is 6.03. The molecule has 1 unspecified atom stereocenters. The van der Waals surface area contributed by atoms with E-state index in [0.29, 0.717) is 6.04 Å². The highest BCUT2D eigenvalue weighted by Gasteiger charge is 2.23. The van der Waals surface area contributed by atoms with Crippen molar-refractivity contribution in [1.29, 1.82) is 0 Å². The van der Waals surface area contributed by atoms with Gasteiger partial charge in [0.1, 0.15) is 0 Å². The van der Waals surface area contributed by atoms with Crippen molar-refractivity contribution in [2.75, 3.05) is 6.54 Å². The van der Waals surface area contributed by atoms with E-state index in [0.717, 1.165) is 36.5 Å². The molecule has 1 saturated heterocycles. The van der Waals surface area contributed by atoms with Gasteiger partial charge in [0, 0.05) is 30.2 Å². The number of piperidine rings is 1. The van der Waals surface area contributed by atoms with Gasteiger partial charge < -0.3 is 4.90 Å². The van der Waals surface area contributed by atoms with Crippen LogP contribution in [0, 0.1) is 0 Å². The van der Waals surface area contributed by atoms with Gasteiger partial charge in [0.15, 0.2) is 4.96 Å². The molecule has 0 radical (unpaired) electrons. The topological polar surface area (TPSA) is 37.6 Å². The molecule has 20 heavy (non-hydrogen) atoms. The summed E-state index contributed by atoms with van der Waals surface area (Å²) in [5.74, 6) is 0.127. The normalized spacial score (nSPS) is 20.1. The van der Waals surface area contributed by atoms with Crippen molar-refractivity contribution in [2.45, 2.75) is 38.6 Å². The molecule has 0 aliphatic carbocycles. The summed E-state index contributed by atoms with van der Waals surface area (Å²) in [5, 5.41) is 2.00. The summed E-state index contributed by atoms with van der Waals surface area (Å²) in [7, 11) is 0. The van der Waals surface area contributed by atoms with Gasteiger partial charge in [-0.3, -0.25) is 9.20 Å². The summed E-state index contributed by atoms with van der Waals surface area (Å²) >= 11 is 1.60. The van der Waals surface area contributed by atoms with Gasteiger partial charge in [-0.05, 0) is 31.8 Å². The van der Waals surface area contributed by atoms with E-state index in [1.165, 1.54) is 6.42 Å². The van der Waals surface area contributed by atoms with Gasteiger partial charge in [0.2, 0.25) is 5.91 Å². The number of thiazole rings is 1. The molecule has 3 heterocycles. The minimum absolute atomic E-state index is 0.127. The highest BCUT2D eigenvalue weighted by molar-refractivity contribution is 7.15. The van der Waals surface area contributed by atoms with Crippen molar-refractivity contribution in [2.24, 2.45) is 0 Å². The number of carbonyl (C=O) groups is 1. The van der Waals surface area contributed by atoms with E-state index in [1.54, 1.807) is 17.4 Å². The Morgan fingerprint density at radius 3 is 3.30 bits per heavy atom. The van der Waals surface area contributed by atoms with E-state index in [9.17, 15) is 4.79 Å². The first kappa shape index (κ1) is 13.4. The second kappa shape index (κ2) is 5.79. The van der Waals surface area contributed by atoms with E-state index < -0.39 is 0 Å². The summed E-state index contributed by atoms with van der Waals surface area (Å²) in [5.41, 5.74) is 0.958. The van der Waals surface area contributed by atoms with Crippen LogP contribution in [0.5, 0.6) is 0 Å². The van der Waals surface area contributed by atoms with Gasteiger partial charge in [0.25, 0.3) is 0 Å². The van der Waals surface area contributed by atoms with E-state index in [2.05, 4.69) is 11.9 Å². The Labute approximate surface area is 122 Å². The van der Waals surface area contributed by atoms with Crippen LogP contribution in [0.4, 0.5) is 0 Å². The molecule has 1 atom stereocenters. The zero-order chi connectivity index (χ0) is 13.9.